The molecule has 0 aliphatic heterocycles. The number of rotatable bonds is 4. The fraction of sp³-hybridized carbons (Fsp3) is 0. The van der Waals surface area contributed by atoms with Crippen LogP contribution in [0.15, 0.2) is 45.5 Å². The molecule has 0 saturated heterocycles. The summed E-state index contributed by atoms with van der Waals surface area (Å²) in [6.45, 7) is 0. The minimum absolute atomic E-state index is 0.811. The molecule has 0 fully saturated rings. The molecule has 90 valence electrons. The molecular formula is C12H9N3S3. The molecule has 0 atom stereocenters. The summed E-state index contributed by atoms with van der Waals surface area (Å²) in [6.07, 6.45) is 1.80. The van der Waals surface area contributed by atoms with Gasteiger partial charge in [0, 0.05) is 10.3 Å². The van der Waals surface area contributed by atoms with Crippen LogP contribution in [0.2, 0.25) is 0 Å². The molecule has 0 saturated carbocycles. The van der Waals surface area contributed by atoms with Crippen LogP contribution in [0.25, 0.3) is 10.6 Å². The van der Waals surface area contributed by atoms with Gasteiger partial charge in [0.05, 0.1) is 16.8 Å². The maximum atomic E-state index is 4.48. The van der Waals surface area contributed by atoms with Crippen molar-refractivity contribution in [2.75, 3.05) is 5.43 Å². The molecule has 0 aromatic carbocycles. The molecule has 0 radical (unpaired) electrons. The lowest BCUT2D eigenvalue weighted by molar-refractivity contribution is 1.29. The topological polar surface area (TPSA) is 37.3 Å². The Kier molecular flexibility index (Phi) is 3.49. The zero-order valence-corrected chi connectivity index (χ0v) is 11.7. The van der Waals surface area contributed by atoms with Gasteiger partial charge in [-0.05, 0) is 22.9 Å². The lowest BCUT2D eigenvalue weighted by Crippen LogP contribution is -1.88. The number of thiophene rings is 2. The third-order valence-electron chi connectivity index (χ3n) is 2.17. The first-order valence-electron chi connectivity index (χ1n) is 5.24. The van der Waals surface area contributed by atoms with Crippen LogP contribution in [0.1, 0.15) is 4.88 Å². The van der Waals surface area contributed by atoms with Crippen LogP contribution in [0.4, 0.5) is 5.13 Å². The normalized spacial score (nSPS) is 11.1. The van der Waals surface area contributed by atoms with Gasteiger partial charge in [0.15, 0.2) is 0 Å². The van der Waals surface area contributed by atoms with Gasteiger partial charge in [-0.1, -0.05) is 12.1 Å². The molecule has 3 aromatic rings. The van der Waals surface area contributed by atoms with E-state index < -0.39 is 0 Å². The lowest BCUT2D eigenvalue weighted by Gasteiger charge is -1.91. The number of nitrogens with one attached hydrogen (secondary N) is 1. The van der Waals surface area contributed by atoms with Crippen LogP contribution < -0.4 is 5.43 Å². The van der Waals surface area contributed by atoms with E-state index in [4.69, 9.17) is 0 Å². The summed E-state index contributed by atoms with van der Waals surface area (Å²) in [7, 11) is 0. The van der Waals surface area contributed by atoms with Crippen LogP contribution in [-0.2, 0) is 0 Å². The van der Waals surface area contributed by atoms with Gasteiger partial charge in [-0.2, -0.15) is 5.10 Å². The zero-order valence-electron chi connectivity index (χ0n) is 9.24. The van der Waals surface area contributed by atoms with E-state index in [1.807, 2.05) is 29.0 Å². The molecule has 0 spiro atoms. The predicted octanol–water partition coefficient (Wildman–Crippen LogP) is 4.38. The highest BCUT2D eigenvalue weighted by atomic mass is 32.1. The van der Waals surface area contributed by atoms with Crippen molar-refractivity contribution in [1.29, 1.82) is 0 Å². The first-order valence-corrected chi connectivity index (χ1v) is 7.88. The average molecular weight is 291 g/mol. The van der Waals surface area contributed by atoms with Gasteiger partial charge >= 0.3 is 0 Å². The fourth-order valence-electron chi connectivity index (χ4n) is 1.38. The number of aromatic nitrogens is 1. The quantitative estimate of drug-likeness (QED) is 0.572. The SMILES string of the molecule is C(=N/Nc1nc(-c2cccs2)cs1)/c1cccs1. The second-order valence-electron chi connectivity index (χ2n) is 3.40. The Bertz CT molecular complexity index is 623. The number of anilines is 1. The van der Waals surface area contributed by atoms with Gasteiger partial charge in [0.1, 0.15) is 0 Å². The van der Waals surface area contributed by atoms with Gasteiger partial charge < -0.3 is 0 Å². The van der Waals surface area contributed by atoms with Crippen molar-refractivity contribution in [2.24, 2.45) is 5.10 Å². The first kappa shape index (κ1) is 11.6. The zero-order chi connectivity index (χ0) is 12.2. The van der Waals surface area contributed by atoms with Crippen molar-refractivity contribution in [1.82, 2.24) is 4.98 Å². The Labute approximate surface area is 116 Å². The van der Waals surface area contributed by atoms with Crippen molar-refractivity contribution in [3.05, 3.63) is 45.3 Å². The molecule has 3 rings (SSSR count). The average Bonchev–Trinajstić information content (AvgIpc) is 3.12. The van der Waals surface area contributed by atoms with Crippen molar-refractivity contribution in [3.8, 4) is 10.6 Å². The highest BCUT2D eigenvalue weighted by Gasteiger charge is 2.03. The van der Waals surface area contributed by atoms with E-state index in [1.165, 1.54) is 4.88 Å². The summed E-state index contributed by atoms with van der Waals surface area (Å²) in [6, 6.07) is 8.12. The van der Waals surface area contributed by atoms with Gasteiger partial charge in [-0.3, -0.25) is 5.43 Å². The fourth-order valence-corrected chi connectivity index (χ4v) is 3.38. The van der Waals surface area contributed by atoms with E-state index in [2.05, 4.69) is 27.0 Å². The molecule has 3 aromatic heterocycles. The summed E-state index contributed by atoms with van der Waals surface area (Å²) >= 11 is 4.91. The van der Waals surface area contributed by atoms with Crippen molar-refractivity contribution in [2.45, 2.75) is 0 Å². The van der Waals surface area contributed by atoms with Gasteiger partial charge in [0.25, 0.3) is 0 Å². The van der Waals surface area contributed by atoms with E-state index >= 15 is 0 Å². The molecule has 0 aliphatic carbocycles. The summed E-state index contributed by atoms with van der Waals surface area (Å²) in [5, 5.41) is 11.1. The third-order valence-corrected chi connectivity index (χ3v) is 4.62. The lowest BCUT2D eigenvalue weighted by atomic mass is 10.4. The molecule has 0 bridgehead atoms. The minimum Gasteiger partial charge on any atom is -0.253 e. The largest absolute Gasteiger partial charge is 0.253 e. The Morgan fingerprint density at radius 2 is 2.00 bits per heavy atom. The minimum atomic E-state index is 0.811. The molecule has 1 N–H and O–H groups in total. The Balaban J connectivity index is 1.67. The van der Waals surface area contributed by atoms with Crippen LogP contribution in [0.3, 0.4) is 0 Å². The van der Waals surface area contributed by atoms with Gasteiger partial charge in [0.2, 0.25) is 5.13 Å². The highest BCUT2D eigenvalue weighted by molar-refractivity contribution is 7.16. The van der Waals surface area contributed by atoms with E-state index in [0.29, 0.717) is 0 Å². The summed E-state index contributed by atoms with van der Waals surface area (Å²) in [5.41, 5.74) is 3.96. The third kappa shape index (κ3) is 2.66. The van der Waals surface area contributed by atoms with Gasteiger partial charge in [-0.15, -0.1) is 34.0 Å². The van der Waals surface area contributed by atoms with E-state index in [-0.39, 0.29) is 0 Å². The molecular weight excluding hydrogens is 282 g/mol. The summed E-state index contributed by atoms with van der Waals surface area (Å²) in [5.74, 6) is 0. The number of nitrogens with zero attached hydrogens (tertiary/aromatic N) is 2. The molecule has 6 heteroatoms. The van der Waals surface area contributed by atoms with Crippen molar-refractivity contribution >= 4 is 45.4 Å². The van der Waals surface area contributed by atoms with Crippen LogP contribution in [0.5, 0.6) is 0 Å². The van der Waals surface area contributed by atoms with Crippen LogP contribution in [-0.4, -0.2) is 11.2 Å². The number of hydrogen-bond acceptors (Lipinski definition) is 6. The maximum Gasteiger partial charge on any atom is 0.203 e. The highest BCUT2D eigenvalue weighted by Crippen LogP contribution is 2.28. The molecule has 18 heavy (non-hydrogen) atoms. The predicted molar refractivity (Wildman–Crippen MR) is 81.0 cm³/mol. The van der Waals surface area contributed by atoms with Gasteiger partial charge in [-0.25, -0.2) is 4.98 Å². The Hall–Kier alpha value is -1.50. The van der Waals surface area contributed by atoms with E-state index in [0.717, 1.165) is 15.7 Å². The van der Waals surface area contributed by atoms with Crippen molar-refractivity contribution < 1.29 is 0 Å². The van der Waals surface area contributed by atoms with E-state index in [9.17, 15) is 0 Å². The standard InChI is InChI=1S/C12H9N3S3/c1-3-9(16-5-1)7-13-15-12-14-10(8-18-12)11-4-2-6-17-11/h1-8H,(H,14,15)/b13-7-. The monoisotopic (exact) mass is 291 g/mol. The second-order valence-corrected chi connectivity index (χ2v) is 6.19. The molecule has 3 nitrogen and oxygen atoms in total. The number of thiazole rings is 1. The second kappa shape index (κ2) is 5.43. The maximum absolute atomic E-state index is 4.48. The summed E-state index contributed by atoms with van der Waals surface area (Å²) in [4.78, 5) is 6.78. The Morgan fingerprint density at radius 3 is 2.78 bits per heavy atom. The number of hydrogen-bond donors (Lipinski definition) is 1. The van der Waals surface area contributed by atoms with Crippen LogP contribution >= 0.6 is 34.0 Å². The van der Waals surface area contributed by atoms with Crippen molar-refractivity contribution in [3.63, 3.8) is 0 Å². The smallest absolute Gasteiger partial charge is 0.203 e. The number of hydrazone groups is 1. The molecule has 0 unspecified atom stereocenters. The van der Waals surface area contributed by atoms with E-state index in [1.54, 1.807) is 40.2 Å². The first-order chi connectivity index (χ1) is 8.92. The van der Waals surface area contributed by atoms with Crippen LogP contribution in [0, 0.1) is 0 Å². The molecule has 0 aliphatic rings. The Morgan fingerprint density at radius 1 is 1.11 bits per heavy atom. The summed E-state index contributed by atoms with van der Waals surface area (Å²) < 4.78 is 0. The molecule has 0 amide bonds. The molecule has 3 heterocycles.